The zero-order valence-electron chi connectivity index (χ0n) is 10.9. The third-order valence-corrected chi connectivity index (χ3v) is 2.98. The summed E-state index contributed by atoms with van der Waals surface area (Å²) in [4.78, 5) is 0. The Bertz CT molecular complexity index is 553. The summed E-state index contributed by atoms with van der Waals surface area (Å²) in [6, 6.07) is 4.75. The normalized spacial score (nSPS) is 11.2. The van der Waals surface area contributed by atoms with Crippen molar-refractivity contribution in [2.24, 2.45) is 0 Å². The zero-order chi connectivity index (χ0) is 13.8. The second-order valence-electron chi connectivity index (χ2n) is 4.68. The van der Waals surface area contributed by atoms with E-state index < -0.39 is 0 Å². The molecule has 1 heterocycles. The molecule has 1 aromatic carbocycles. The monoisotopic (exact) mass is 282 g/mol. The lowest BCUT2D eigenvalue weighted by Crippen LogP contribution is -2.21. The zero-order valence-corrected chi connectivity index (χ0v) is 11.7. The van der Waals surface area contributed by atoms with Crippen LogP contribution < -0.4 is 5.32 Å². The standard InChI is InChI=1S/C13H16ClFN4/c1-9(2)16-6-12-8-19(18-17-12)7-10-3-4-11(15)5-13(10)14/h3-5,8-9,16H,6-7H2,1-2H3. The van der Waals surface area contributed by atoms with Crippen LogP contribution in [0.2, 0.25) is 5.02 Å². The fourth-order valence-corrected chi connectivity index (χ4v) is 1.86. The number of aromatic nitrogens is 3. The number of hydrogen-bond acceptors (Lipinski definition) is 3. The number of halogens is 2. The van der Waals surface area contributed by atoms with Crippen LogP contribution in [0, 0.1) is 5.82 Å². The molecular formula is C13H16ClFN4. The van der Waals surface area contributed by atoms with E-state index in [1.165, 1.54) is 12.1 Å². The second-order valence-corrected chi connectivity index (χ2v) is 5.09. The Morgan fingerprint density at radius 3 is 2.89 bits per heavy atom. The summed E-state index contributed by atoms with van der Waals surface area (Å²) in [5.41, 5.74) is 1.68. The Morgan fingerprint density at radius 2 is 2.21 bits per heavy atom. The lowest BCUT2D eigenvalue weighted by molar-refractivity contribution is 0.580. The lowest BCUT2D eigenvalue weighted by Gasteiger charge is -2.05. The second kappa shape index (κ2) is 6.12. The molecule has 0 atom stereocenters. The van der Waals surface area contributed by atoms with Crippen molar-refractivity contribution in [3.8, 4) is 0 Å². The van der Waals surface area contributed by atoms with Gasteiger partial charge in [0, 0.05) is 17.6 Å². The first-order valence-electron chi connectivity index (χ1n) is 6.11. The van der Waals surface area contributed by atoms with Crippen molar-refractivity contribution < 1.29 is 4.39 Å². The van der Waals surface area contributed by atoms with Crippen molar-refractivity contribution in [2.45, 2.75) is 33.0 Å². The van der Waals surface area contributed by atoms with Gasteiger partial charge in [0.05, 0.1) is 18.4 Å². The highest BCUT2D eigenvalue weighted by Crippen LogP contribution is 2.18. The quantitative estimate of drug-likeness (QED) is 0.917. The van der Waals surface area contributed by atoms with Gasteiger partial charge in [-0.05, 0) is 17.7 Å². The molecule has 0 bridgehead atoms. The van der Waals surface area contributed by atoms with Crippen LogP contribution in [0.4, 0.5) is 4.39 Å². The number of rotatable bonds is 5. The van der Waals surface area contributed by atoms with Gasteiger partial charge in [0.25, 0.3) is 0 Å². The molecule has 2 rings (SSSR count). The Kier molecular flexibility index (Phi) is 4.50. The van der Waals surface area contributed by atoms with Gasteiger partial charge in [0.2, 0.25) is 0 Å². The largest absolute Gasteiger partial charge is 0.309 e. The van der Waals surface area contributed by atoms with E-state index in [1.807, 2.05) is 6.20 Å². The first-order valence-corrected chi connectivity index (χ1v) is 6.48. The highest BCUT2D eigenvalue weighted by molar-refractivity contribution is 6.31. The summed E-state index contributed by atoms with van der Waals surface area (Å²) >= 11 is 5.98. The molecule has 0 aliphatic rings. The molecule has 0 fully saturated rings. The summed E-state index contributed by atoms with van der Waals surface area (Å²) in [6.45, 7) is 5.30. The topological polar surface area (TPSA) is 42.7 Å². The fraction of sp³-hybridized carbons (Fsp3) is 0.385. The number of nitrogens with one attached hydrogen (secondary N) is 1. The van der Waals surface area contributed by atoms with Crippen LogP contribution in [0.3, 0.4) is 0 Å². The van der Waals surface area contributed by atoms with Gasteiger partial charge in [-0.15, -0.1) is 5.10 Å². The SMILES string of the molecule is CC(C)NCc1cn(Cc2ccc(F)cc2Cl)nn1. The average molecular weight is 283 g/mol. The van der Waals surface area contributed by atoms with Crippen LogP contribution in [0.15, 0.2) is 24.4 Å². The summed E-state index contributed by atoms with van der Waals surface area (Å²) in [5, 5.41) is 11.8. The minimum atomic E-state index is -0.339. The van der Waals surface area contributed by atoms with E-state index in [4.69, 9.17) is 11.6 Å². The summed E-state index contributed by atoms with van der Waals surface area (Å²) in [5.74, 6) is -0.339. The van der Waals surface area contributed by atoms with Crippen molar-refractivity contribution in [1.82, 2.24) is 20.3 Å². The molecule has 0 amide bonds. The van der Waals surface area contributed by atoms with Crippen LogP contribution in [-0.2, 0) is 13.1 Å². The molecule has 102 valence electrons. The molecule has 0 aliphatic heterocycles. The first kappa shape index (κ1) is 14.0. The van der Waals surface area contributed by atoms with Crippen LogP contribution in [0.1, 0.15) is 25.1 Å². The van der Waals surface area contributed by atoms with E-state index in [9.17, 15) is 4.39 Å². The minimum absolute atomic E-state index is 0.339. The summed E-state index contributed by atoms with van der Waals surface area (Å²) in [7, 11) is 0. The van der Waals surface area contributed by atoms with Gasteiger partial charge in [0.1, 0.15) is 5.82 Å². The molecule has 0 spiro atoms. The van der Waals surface area contributed by atoms with Gasteiger partial charge in [-0.2, -0.15) is 0 Å². The van der Waals surface area contributed by atoms with E-state index in [-0.39, 0.29) is 5.82 Å². The molecule has 0 unspecified atom stereocenters. The van der Waals surface area contributed by atoms with Gasteiger partial charge in [0.15, 0.2) is 0 Å². The smallest absolute Gasteiger partial charge is 0.124 e. The van der Waals surface area contributed by atoms with Gasteiger partial charge >= 0.3 is 0 Å². The highest BCUT2D eigenvalue weighted by Gasteiger charge is 2.06. The molecule has 2 aromatic rings. The van der Waals surface area contributed by atoms with E-state index in [0.29, 0.717) is 24.2 Å². The Labute approximate surface area is 116 Å². The van der Waals surface area contributed by atoms with E-state index in [1.54, 1.807) is 10.7 Å². The van der Waals surface area contributed by atoms with Gasteiger partial charge in [-0.3, -0.25) is 0 Å². The fourth-order valence-electron chi connectivity index (χ4n) is 1.63. The third-order valence-electron chi connectivity index (χ3n) is 2.62. The molecule has 6 heteroatoms. The lowest BCUT2D eigenvalue weighted by atomic mass is 10.2. The molecule has 0 saturated carbocycles. The summed E-state index contributed by atoms with van der Waals surface area (Å²) < 4.78 is 14.6. The maximum absolute atomic E-state index is 12.9. The Morgan fingerprint density at radius 1 is 1.42 bits per heavy atom. The van der Waals surface area contributed by atoms with Crippen molar-refractivity contribution in [1.29, 1.82) is 0 Å². The number of hydrogen-bond donors (Lipinski definition) is 1. The van der Waals surface area contributed by atoms with Crippen molar-refractivity contribution in [3.05, 3.63) is 46.5 Å². The van der Waals surface area contributed by atoms with Crippen molar-refractivity contribution >= 4 is 11.6 Å². The Balaban J connectivity index is 2.03. The average Bonchev–Trinajstić information content (AvgIpc) is 2.78. The van der Waals surface area contributed by atoms with Gasteiger partial charge in [-0.25, -0.2) is 9.07 Å². The summed E-state index contributed by atoms with van der Waals surface area (Å²) in [6.07, 6.45) is 1.86. The Hall–Kier alpha value is -1.46. The highest BCUT2D eigenvalue weighted by atomic mass is 35.5. The molecule has 1 aromatic heterocycles. The maximum atomic E-state index is 12.9. The molecule has 0 radical (unpaired) electrons. The van der Waals surface area contributed by atoms with Crippen LogP contribution >= 0.6 is 11.6 Å². The number of nitrogens with zero attached hydrogens (tertiary/aromatic N) is 3. The van der Waals surface area contributed by atoms with Crippen molar-refractivity contribution in [3.63, 3.8) is 0 Å². The van der Waals surface area contributed by atoms with E-state index >= 15 is 0 Å². The molecule has 19 heavy (non-hydrogen) atoms. The van der Waals surface area contributed by atoms with E-state index in [0.717, 1.165) is 11.3 Å². The molecular weight excluding hydrogens is 267 g/mol. The maximum Gasteiger partial charge on any atom is 0.124 e. The van der Waals surface area contributed by atoms with Crippen LogP contribution in [0.5, 0.6) is 0 Å². The molecule has 1 N–H and O–H groups in total. The molecule has 0 saturated heterocycles. The number of benzene rings is 1. The predicted octanol–water partition coefficient (Wildman–Crippen LogP) is 2.62. The predicted molar refractivity (Wildman–Crippen MR) is 72.5 cm³/mol. The molecule has 4 nitrogen and oxygen atoms in total. The van der Waals surface area contributed by atoms with Gasteiger partial charge in [-0.1, -0.05) is 36.7 Å². The minimum Gasteiger partial charge on any atom is -0.309 e. The van der Waals surface area contributed by atoms with Crippen molar-refractivity contribution in [2.75, 3.05) is 0 Å². The third kappa shape index (κ3) is 4.01. The van der Waals surface area contributed by atoms with Crippen LogP contribution in [0.25, 0.3) is 0 Å². The van der Waals surface area contributed by atoms with E-state index in [2.05, 4.69) is 29.5 Å². The van der Waals surface area contributed by atoms with Crippen LogP contribution in [-0.4, -0.2) is 21.0 Å². The first-order chi connectivity index (χ1) is 9.04. The van der Waals surface area contributed by atoms with Gasteiger partial charge < -0.3 is 5.32 Å². The molecule has 0 aliphatic carbocycles.